The molecule has 2 rings (SSSR count). The van der Waals surface area contributed by atoms with Gasteiger partial charge < -0.3 is 15.4 Å². The van der Waals surface area contributed by atoms with Crippen molar-refractivity contribution in [1.29, 1.82) is 0 Å². The first-order valence-corrected chi connectivity index (χ1v) is 4.83. The van der Waals surface area contributed by atoms with Crippen molar-refractivity contribution >= 4 is 5.82 Å². The molecule has 1 aliphatic heterocycles. The van der Waals surface area contributed by atoms with E-state index in [2.05, 4.69) is 15.6 Å². The summed E-state index contributed by atoms with van der Waals surface area (Å²) in [6, 6.07) is 3.85. The van der Waals surface area contributed by atoms with E-state index in [1.165, 1.54) is 0 Å². The molecule has 1 fully saturated rings. The lowest BCUT2D eigenvalue weighted by Gasteiger charge is -2.27. The molecule has 0 aromatic carbocycles. The van der Waals surface area contributed by atoms with Gasteiger partial charge in [-0.2, -0.15) is 0 Å². The Bertz CT molecular complexity index is 282. The molecule has 0 saturated carbocycles. The molecule has 1 aromatic heterocycles. The fourth-order valence-electron chi connectivity index (χ4n) is 1.35. The summed E-state index contributed by atoms with van der Waals surface area (Å²) in [5.41, 5.74) is 0. The maximum Gasteiger partial charge on any atom is 0.137 e. The molecule has 1 aliphatic rings. The van der Waals surface area contributed by atoms with Crippen molar-refractivity contribution in [2.24, 2.45) is 5.92 Å². The molecule has 0 amide bonds. The minimum absolute atomic E-state index is 0.749. The van der Waals surface area contributed by atoms with Crippen molar-refractivity contribution in [3.63, 3.8) is 0 Å². The van der Waals surface area contributed by atoms with Crippen LogP contribution in [-0.2, 0) is 0 Å². The molecule has 0 aliphatic carbocycles. The third kappa shape index (κ3) is 2.14. The quantitative estimate of drug-likeness (QED) is 0.739. The number of nitrogens with zero attached hydrogens (tertiary/aromatic N) is 1. The zero-order chi connectivity index (χ0) is 9.80. The van der Waals surface area contributed by atoms with Crippen LogP contribution in [0, 0.1) is 5.92 Å². The van der Waals surface area contributed by atoms with Crippen molar-refractivity contribution in [2.45, 2.75) is 0 Å². The third-order valence-corrected chi connectivity index (χ3v) is 2.41. The Morgan fingerprint density at radius 2 is 2.43 bits per heavy atom. The molecule has 1 aromatic rings. The Labute approximate surface area is 83.7 Å². The van der Waals surface area contributed by atoms with Gasteiger partial charge in [0, 0.05) is 25.6 Å². The highest BCUT2D eigenvalue weighted by molar-refractivity contribution is 5.37. The van der Waals surface area contributed by atoms with Gasteiger partial charge in [0.05, 0.1) is 13.3 Å². The monoisotopic (exact) mass is 193 g/mol. The minimum Gasteiger partial charge on any atom is -0.495 e. The molecule has 0 spiro atoms. The van der Waals surface area contributed by atoms with Gasteiger partial charge in [0.1, 0.15) is 11.6 Å². The van der Waals surface area contributed by atoms with E-state index in [0.717, 1.165) is 37.1 Å². The predicted molar refractivity (Wildman–Crippen MR) is 55.6 cm³/mol. The Kier molecular flexibility index (Phi) is 2.84. The Balaban J connectivity index is 1.83. The van der Waals surface area contributed by atoms with Crippen LogP contribution in [-0.4, -0.2) is 31.7 Å². The van der Waals surface area contributed by atoms with Crippen LogP contribution in [0.4, 0.5) is 5.82 Å². The second kappa shape index (κ2) is 4.28. The lowest BCUT2D eigenvalue weighted by atomic mass is 10.0. The van der Waals surface area contributed by atoms with Crippen LogP contribution in [0.3, 0.4) is 0 Å². The summed E-state index contributed by atoms with van der Waals surface area (Å²) in [5.74, 6) is 2.46. The second-order valence-electron chi connectivity index (χ2n) is 3.49. The van der Waals surface area contributed by atoms with Crippen molar-refractivity contribution < 1.29 is 4.74 Å². The molecule has 0 bridgehead atoms. The number of nitrogens with one attached hydrogen (secondary N) is 2. The zero-order valence-electron chi connectivity index (χ0n) is 8.29. The maximum absolute atomic E-state index is 5.03. The van der Waals surface area contributed by atoms with Gasteiger partial charge in [-0.05, 0) is 12.1 Å². The molecule has 76 valence electrons. The summed E-state index contributed by atoms with van der Waals surface area (Å²) < 4.78 is 5.03. The van der Waals surface area contributed by atoms with Crippen molar-refractivity contribution in [1.82, 2.24) is 10.3 Å². The zero-order valence-corrected chi connectivity index (χ0v) is 8.29. The van der Waals surface area contributed by atoms with E-state index in [4.69, 9.17) is 4.74 Å². The van der Waals surface area contributed by atoms with E-state index in [9.17, 15) is 0 Å². The third-order valence-electron chi connectivity index (χ3n) is 2.41. The average molecular weight is 193 g/mol. The Hall–Kier alpha value is -1.29. The Morgan fingerprint density at radius 1 is 1.57 bits per heavy atom. The SMILES string of the molecule is COc1ccc(NCC2CNC2)nc1. The topological polar surface area (TPSA) is 46.2 Å². The summed E-state index contributed by atoms with van der Waals surface area (Å²) in [5, 5.41) is 6.53. The highest BCUT2D eigenvalue weighted by Crippen LogP contribution is 2.12. The Morgan fingerprint density at radius 3 is 2.93 bits per heavy atom. The summed E-state index contributed by atoms with van der Waals surface area (Å²) in [4.78, 5) is 4.22. The first-order chi connectivity index (χ1) is 6.88. The summed E-state index contributed by atoms with van der Waals surface area (Å²) >= 11 is 0. The van der Waals surface area contributed by atoms with Gasteiger partial charge in [-0.25, -0.2) is 4.98 Å². The number of ether oxygens (including phenoxy) is 1. The van der Waals surface area contributed by atoms with Crippen LogP contribution in [0.25, 0.3) is 0 Å². The van der Waals surface area contributed by atoms with Gasteiger partial charge in [-0.15, -0.1) is 0 Å². The molecule has 0 unspecified atom stereocenters. The van der Waals surface area contributed by atoms with Crippen LogP contribution in [0.5, 0.6) is 5.75 Å². The number of methoxy groups -OCH3 is 1. The maximum atomic E-state index is 5.03. The van der Waals surface area contributed by atoms with Crippen LogP contribution in [0.1, 0.15) is 0 Å². The van der Waals surface area contributed by atoms with Gasteiger partial charge >= 0.3 is 0 Å². The standard InChI is InChI=1S/C10H15N3O/c1-14-9-2-3-10(13-7-9)12-6-8-4-11-5-8/h2-3,7-8,11H,4-6H2,1H3,(H,12,13). The van der Waals surface area contributed by atoms with Crippen LogP contribution in [0.15, 0.2) is 18.3 Å². The number of hydrogen-bond donors (Lipinski definition) is 2. The molecule has 0 radical (unpaired) electrons. The van der Waals surface area contributed by atoms with Gasteiger partial charge in [-0.1, -0.05) is 0 Å². The number of aromatic nitrogens is 1. The summed E-state index contributed by atoms with van der Waals surface area (Å²) in [6.07, 6.45) is 1.72. The van der Waals surface area contributed by atoms with E-state index in [0.29, 0.717) is 0 Å². The second-order valence-corrected chi connectivity index (χ2v) is 3.49. The van der Waals surface area contributed by atoms with Gasteiger partial charge in [0.25, 0.3) is 0 Å². The van der Waals surface area contributed by atoms with Gasteiger partial charge in [0.15, 0.2) is 0 Å². The number of pyridine rings is 1. The smallest absolute Gasteiger partial charge is 0.137 e. The van der Waals surface area contributed by atoms with E-state index in [1.54, 1.807) is 13.3 Å². The molecule has 14 heavy (non-hydrogen) atoms. The van der Waals surface area contributed by atoms with Crippen LogP contribution >= 0.6 is 0 Å². The van der Waals surface area contributed by atoms with Crippen molar-refractivity contribution in [3.8, 4) is 5.75 Å². The lowest BCUT2D eigenvalue weighted by Crippen LogP contribution is -2.45. The van der Waals surface area contributed by atoms with Gasteiger partial charge in [-0.3, -0.25) is 0 Å². The lowest BCUT2D eigenvalue weighted by molar-refractivity contribution is 0.365. The van der Waals surface area contributed by atoms with E-state index >= 15 is 0 Å². The molecular weight excluding hydrogens is 178 g/mol. The summed E-state index contributed by atoms with van der Waals surface area (Å²) in [6.45, 7) is 3.22. The first-order valence-electron chi connectivity index (χ1n) is 4.83. The molecule has 4 nitrogen and oxygen atoms in total. The first kappa shape index (κ1) is 9.27. The van der Waals surface area contributed by atoms with E-state index in [-0.39, 0.29) is 0 Å². The molecule has 0 atom stereocenters. The molecule has 2 N–H and O–H groups in total. The van der Waals surface area contributed by atoms with Crippen LogP contribution in [0.2, 0.25) is 0 Å². The minimum atomic E-state index is 0.749. The molecular formula is C10H15N3O. The summed E-state index contributed by atoms with van der Waals surface area (Å²) in [7, 11) is 1.64. The van der Waals surface area contributed by atoms with Gasteiger partial charge in [0.2, 0.25) is 0 Å². The van der Waals surface area contributed by atoms with Crippen molar-refractivity contribution in [2.75, 3.05) is 32.1 Å². The predicted octanol–water partition coefficient (Wildman–Crippen LogP) is 0.721. The van der Waals surface area contributed by atoms with Crippen molar-refractivity contribution in [3.05, 3.63) is 18.3 Å². The normalized spacial score (nSPS) is 16.1. The van der Waals surface area contributed by atoms with E-state index < -0.39 is 0 Å². The number of anilines is 1. The highest BCUT2D eigenvalue weighted by Gasteiger charge is 2.15. The molecule has 1 saturated heterocycles. The fraction of sp³-hybridized carbons (Fsp3) is 0.500. The molecule has 4 heteroatoms. The highest BCUT2D eigenvalue weighted by atomic mass is 16.5. The van der Waals surface area contributed by atoms with Crippen LogP contribution < -0.4 is 15.4 Å². The fourth-order valence-corrected chi connectivity index (χ4v) is 1.35. The largest absolute Gasteiger partial charge is 0.495 e. The number of rotatable bonds is 4. The van der Waals surface area contributed by atoms with E-state index in [1.807, 2.05) is 12.1 Å². The number of hydrogen-bond acceptors (Lipinski definition) is 4. The molecule has 2 heterocycles. The average Bonchev–Trinajstić information content (AvgIpc) is 2.16.